The molecule has 1 heterocycles. The standard InChI is InChI=1S/C8H11ClF3N3OS/c1-16-5-4-15(3-2-9)7-13-6(14-17-7)8(10,11)12/h2-5H2,1H3. The molecule has 0 N–H and O–H groups in total. The van der Waals surface area contributed by atoms with Crippen molar-refractivity contribution in [2.75, 3.05) is 37.6 Å². The van der Waals surface area contributed by atoms with Gasteiger partial charge in [0.05, 0.1) is 6.61 Å². The molecule has 0 saturated heterocycles. The maximum Gasteiger partial charge on any atom is 0.452 e. The average molecular weight is 290 g/mol. The topological polar surface area (TPSA) is 38.2 Å². The minimum absolute atomic E-state index is 0.204. The summed E-state index contributed by atoms with van der Waals surface area (Å²) in [5, 5.41) is 0.204. The fraction of sp³-hybridized carbons (Fsp3) is 0.750. The molecule has 9 heteroatoms. The lowest BCUT2D eigenvalue weighted by atomic mass is 10.5. The molecule has 0 spiro atoms. The highest BCUT2D eigenvalue weighted by atomic mass is 35.5. The van der Waals surface area contributed by atoms with Crippen LogP contribution in [0.5, 0.6) is 0 Å². The number of nitrogens with zero attached hydrogens (tertiary/aromatic N) is 3. The third-order valence-corrected chi connectivity index (χ3v) is 2.81. The molecule has 0 amide bonds. The van der Waals surface area contributed by atoms with Gasteiger partial charge in [-0.05, 0) is 0 Å². The van der Waals surface area contributed by atoms with Crippen molar-refractivity contribution >= 4 is 28.3 Å². The van der Waals surface area contributed by atoms with Gasteiger partial charge in [0, 0.05) is 37.6 Å². The molecule has 4 nitrogen and oxygen atoms in total. The van der Waals surface area contributed by atoms with Gasteiger partial charge in [-0.2, -0.15) is 22.5 Å². The van der Waals surface area contributed by atoms with E-state index >= 15 is 0 Å². The molecule has 17 heavy (non-hydrogen) atoms. The van der Waals surface area contributed by atoms with E-state index in [9.17, 15) is 13.2 Å². The lowest BCUT2D eigenvalue weighted by molar-refractivity contribution is -0.144. The summed E-state index contributed by atoms with van der Waals surface area (Å²) in [5.74, 6) is -0.820. The van der Waals surface area contributed by atoms with Crippen LogP contribution in [0.2, 0.25) is 0 Å². The molecule has 0 saturated carbocycles. The van der Waals surface area contributed by atoms with Crippen LogP contribution in [0.3, 0.4) is 0 Å². The van der Waals surface area contributed by atoms with Crippen LogP contribution >= 0.6 is 23.1 Å². The van der Waals surface area contributed by atoms with Crippen LogP contribution in [0, 0.1) is 0 Å². The Balaban J connectivity index is 2.76. The van der Waals surface area contributed by atoms with E-state index < -0.39 is 12.0 Å². The van der Waals surface area contributed by atoms with Gasteiger partial charge in [-0.15, -0.1) is 11.6 Å². The van der Waals surface area contributed by atoms with E-state index in [4.69, 9.17) is 16.3 Å². The van der Waals surface area contributed by atoms with Crippen LogP contribution in [0.1, 0.15) is 5.82 Å². The predicted molar refractivity (Wildman–Crippen MR) is 59.7 cm³/mol. The summed E-state index contributed by atoms with van der Waals surface area (Å²) in [6.07, 6.45) is -4.51. The highest BCUT2D eigenvalue weighted by Crippen LogP contribution is 2.30. The van der Waals surface area contributed by atoms with Crippen LogP contribution in [-0.4, -0.2) is 42.0 Å². The summed E-state index contributed by atoms with van der Waals surface area (Å²) in [4.78, 5) is 5.06. The van der Waals surface area contributed by atoms with E-state index in [1.165, 1.54) is 7.11 Å². The Hall–Kier alpha value is -0.600. The van der Waals surface area contributed by atoms with E-state index in [0.717, 1.165) is 0 Å². The quantitative estimate of drug-likeness (QED) is 0.753. The molecule has 0 bridgehead atoms. The Morgan fingerprint density at radius 2 is 2.12 bits per heavy atom. The lowest BCUT2D eigenvalue weighted by Crippen LogP contribution is -2.29. The molecular weight excluding hydrogens is 279 g/mol. The van der Waals surface area contributed by atoms with Crippen molar-refractivity contribution in [2.45, 2.75) is 6.18 Å². The number of rotatable bonds is 6. The third kappa shape index (κ3) is 4.29. The van der Waals surface area contributed by atoms with Gasteiger partial charge in [-0.1, -0.05) is 0 Å². The van der Waals surface area contributed by atoms with E-state index in [1.807, 2.05) is 0 Å². The number of aromatic nitrogens is 2. The van der Waals surface area contributed by atoms with Gasteiger partial charge in [0.2, 0.25) is 11.0 Å². The van der Waals surface area contributed by atoms with Crippen molar-refractivity contribution in [1.29, 1.82) is 0 Å². The summed E-state index contributed by atoms with van der Waals surface area (Å²) >= 11 is 6.28. The van der Waals surface area contributed by atoms with E-state index in [-0.39, 0.29) is 5.13 Å². The Bertz CT molecular complexity index is 347. The molecule has 0 aromatic carbocycles. The summed E-state index contributed by atoms with van der Waals surface area (Å²) in [6.45, 7) is 1.21. The van der Waals surface area contributed by atoms with Gasteiger partial charge >= 0.3 is 6.18 Å². The van der Waals surface area contributed by atoms with Gasteiger partial charge in [0.1, 0.15) is 0 Å². The zero-order valence-corrected chi connectivity index (χ0v) is 10.6. The Morgan fingerprint density at radius 1 is 1.41 bits per heavy atom. The highest BCUT2D eigenvalue weighted by Gasteiger charge is 2.36. The van der Waals surface area contributed by atoms with Gasteiger partial charge in [0.15, 0.2) is 0 Å². The van der Waals surface area contributed by atoms with Crippen LogP contribution < -0.4 is 4.90 Å². The second-order valence-corrected chi connectivity index (χ2v) is 4.18. The summed E-state index contributed by atoms with van der Waals surface area (Å²) < 4.78 is 45.1. The maximum absolute atomic E-state index is 12.3. The zero-order chi connectivity index (χ0) is 12.9. The molecule has 0 unspecified atom stereocenters. The molecule has 1 aromatic rings. The normalized spacial score (nSPS) is 11.8. The molecule has 0 aliphatic carbocycles. The second-order valence-electron chi connectivity index (χ2n) is 3.07. The molecule has 0 atom stereocenters. The molecule has 1 rings (SSSR count). The summed E-state index contributed by atoms with van der Waals surface area (Å²) in [7, 11) is 1.51. The monoisotopic (exact) mass is 289 g/mol. The fourth-order valence-corrected chi connectivity index (χ4v) is 2.01. The Kier molecular flexibility index (Phi) is 5.41. The molecule has 0 aliphatic rings. The van der Waals surface area contributed by atoms with Gasteiger partial charge in [-0.25, -0.2) is 0 Å². The zero-order valence-electron chi connectivity index (χ0n) is 9.00. The minimum Gasteiger partial charge on any atom is -0.383 e. The Labute approximate surface area is 106 Å². The predicted octanol–water partition coefficient (Wildman–Crippen LogP) is 2.25. The van der Waals surface area contributed by atoms with Gasteiger partial charge < -0.3 is 9.64 Å². The van der Waals surface area contributed by atoms with Crippen molar-refractivity contribution in [3.63, 3.8) is 0 Å². The first-order valence-corrected chi connectivity index (χ1v) is 6.00. The molecule has 0 fully saturated rings. The van der Waals surface area contributed by atoms with Crippen molar-refractivity contribution < 1.29 is 17.9 Å². The van der Waals surface area contributed by atoms with Crippen molar-refractivity contribution in [1.82, 2.24) is 9.36 Å². The summed E-state index contributed by atoms with van der Waals surface area (Å²) in [6, 6.07) is 0. The first-order chi connectivity index (χ1) is 7.99. The number of ether oxygens (including phenoxy) is 1. The minimum atomic E-state index is -4.51. The first kappa shape index (κ1) is 14.5. The van der Waals surface area contributed by atoms with Crippen molar-refractivity contribution in [2.24, 2.45) is 0 Å². The molecule has 1 aromatic heterocycles. The first-order valence-electron chi connectivity index (χ1n) is 4.69. The lowest BCUT2D eigenvalue weighted by Gasteiger charge is -2.19. The molecule has 0 aliphatic heterocycles. The number of anilines is 1. The van der Waals surface area contributed by atoms with Crippen LogP contribution in [0.25, 0.3) is 0 Å². The molecular formula is C8H11ClF3N3OS. The van der Waals surface area contributed by atoms with Gasteiger partial charge in [0.25, 0.3) is 0 Å². The largest absolute Gasteiger partial charge is 0.452 e. The number of hydrogen-bond acceptors (Lipinski definition) is 5. The van der Waals surface area contributed by atoms with Crippen LogP contribution in [0.4, 0.5) is 18.3 Å². The summed E-state index contributed by atoms with van der Waals surface area (Å²) in [5.41, 5.74) is 0. The number of alkyl halides is 4. The number of methoxy groups -OCH3 is 1. The average Bonchev–Trinajstić information content (AvgIpc) is 2.72. The Morgan fingerprint density at radius 3 is 2.59 bits per heavy atom. The van der Waals surface area contributed by atoms with Crippen LogP contribution in [-0.2, 0) is 10.9 Å². The number of halogens is 4. The van der Waals surface area contributed by atoms with Crippen molar-refractivity contribution in [3.8, 4) is 0 Å². The highest BCUT2D eigenvalue weighted by molar-refractivity contribution is 7.09. The van der Waals surface area contributed by atoms with E-state index in [2.05, 4.69) is 9.36 Å². The SMILES string of the molecule is COCCN(CCCl)c1nc(C(F)(F)F)ns1. The fourth-order valence-electron chi connectivity index (χ4n) is 1.07. The maximum atomic E-state index is 12.3. The molecule has 0 radical (unpaired) electrons. The molecule has 98 valence electrons. The van der Waals surface area contributed by atoms with Gasteiger partial charge in [-0.3, -0.25) is 0 Å². The van der Waals surface area contributed by atoms with E-state index in [1.54, 1.807) is 4.90 Å². The number of hydrogen-bond donors (Lipinski definition) is 0. The van der Waals surface area contributed by atoms with Crippen molar-refractivity contribution in [3.05, 3.63) is 5.82 Å². The van der Waals surface area contributed by atoms with E-state index in [0.29, 0.717) is 37.1 Å². The van der Waals surface area contributed by atoms with Crippen LogP contribution in [0.15, 0.2) is 0 Å². The smallest absolute Gasteiger partial charge is 0.383 e. The second kappa shape index (κ2) is 6.36. The third-order valence-electron chi connectivity index (χ3n) is 1.86.